The first-order chi connectivity index (χ1) is 9.96. The average molecular weight is 295 g/mol. The SMILES string of the molecule is CC(C)(C)CCN[C@H]1[C@H](O)[C@@H](n2ccnc2)[C@@H]2OC[C@H]1O2. The number of nitrogens with zero attached hydrogens (tertiary/aromatic N) is 2. The molecular formula is C15H25N3O3. The van der Waals surface area contributed by atoms with E-state index in [0.717, 1.165) is 13.0 Å². The second-order valence-electron chi connectivity index (χ2n) is 7.16. The Kier molecular flexibility index (Phi) is 4.05. The van der Waals surface area contributed by atoms with E-state index in [0.29, 0.717) is 6.61 Å². The molecule has 2 aliphatic rings. The molecule has 2 saturated heterocycles. The lowest BCUT2D eigenvalue weighted by Crippen LogP contribution is -2.57. The molecule has 2 aliphatic heterocycles. The van der Waals surface area contributed by atoms with Crippen LogP contribution in [0.2, 0.25) is 0 Å². The van der Waals surface area contributed by atoms with Crippen molar-refractivity contribution in [1.82, 2.24) is 14.9 Å². The van der Waals surface area contributed by atoms with Gasteiger partial charge in [-0.05, 0) is 18.4 Å². The van der Waals surface area contributed by atoms with Gasteiger partial charge in [-0.15, -0.1) is 0 Å². The molecule has 3 heterocycles. The van der Waals surface area contributed by atoms with E-state index in [2.05, 4.69) is 31.1 Å². The van der Waals surface area contributed by atoms with Gasteiger partial charge in [0, 0.05) is 12.4 Å². The lowest BCUT2D eigenvalue weighted by Gasteiger charge is -2.39. The minimum atomic E-state index is -0.551. The third kappa shape index (κ3) is 3.13. The number of aromatic nitrogens is 2. The monoisotopic (exact) mass is 295 g/mol. The summed E-state index contributed by atoms with van der Waals surface area (Å²) in [6.45, 7) is 8.02. The number of imidazole rings is 1. The maximum atomic E-state index is 10.7. The second kappa shape index (κ2) is 5.68. The maximum absolute atomic E-state index is 10.7. The molecule has 0 aromatic carbocycles. The summed E-state index contributed by atoms with van der Waals surface area (Å²) in [5.41, 5.74) is 0.270. The van der Waals surface area contributed by atoms with E-state index in [1.165, 1.54) is 0 Å². The first-order valence-corrected chi connectivity index (χ1v) is 7.62. The summed E-state index contributed by atoms with van der Waals surface area (Å²) in [7, 11) is 0. The molecule has 2 N–H and O–H groups in total. The summed E-state index contributed by atoms with van der Waals surface area (Å²) < 4.78 is 13.5. The highest BCUT2D eigenvalue weighted by molar-refractivity contribution is 5.01. The lowest BCUT2D eigenvalue weighted by atomic mass is 9.91. The number of hydrogen-bond donors (Lipinski definition) is 2. The van der Waals surface area contributed by atoms with Crippen molar-refractivity contribution in [3.05, 3.63) is 18.7 Å². The molecule has 6 nitrogen and oxygen atoms in total. The first kappa shape index (κ1) is 15.0. The van der Waals surface area contributed by atoms with Gasteiger partial charge in [-0.25, -0.2) is 4.98 Å². The summed E-state index contributed by atoms with van der Waals surface area (Å²) >= 11 is 0. The molecule has 1 aromatic heterocycles. The van der Waals surface area contributed by atoms with Gasteiger partial charge in [0.05, 0.1) is 25.1 Å². The number of hydrogen-bond acceptors (Lipinski definition) is 5. The molecule has 0 radical (unpaired) electrons. The van der Waals surface area contributed by atoms with Gasteiger partial charge in [-0.3, -0.25) is 0 Å². The molecule has 0 unspecified atom stereocenters. The van der Waals surface area contributed by atoms with Crippen LogP contribution in [-0.2, 0) is 9.47 Å². The van der Waals surface area contributed by atoms with Crippen LogP contribution in [-0.4, -0.2) is 52.3 Å². The summed E-state index contributed by atoms with van der Waals surface area (Å²) in [5.74, 6) is 0. The fourth-order valence-electron chi connectivity index (χ4n) is 3.03. The van der Waals surface area contributed by atoms with Crippen LogP contribution in [0.25, 0.3) is 0 Å². The molecule has 0 spiro atoms. The van der Waals surface area contributed by atoms with Crippen LogP contribution in [0, 0.1) is 5.41 Å². The van der Waals surface area contributed by atoms with Crippen molar-refractivity contribution < 1.29 is 14.6 Å². The highest BCUT2D eigenvalue weighted by Gasteiger charge is 2.50. The largest absolute Gasteiger partial charge is 0.389 e. The number of aliphatic hydroxyl groups is 1. The zero-order chi connectivity index (χ0) is 15.0. The summed E-state index contributed by atoms with van der Waals surface area (Å²) in [6.07, 6.45) is 5.27. The Bertz CT molecular complexity index is 457. The van der Waals surface area contributed by atoms with Crippen LogP contribution in [0.3, 0.4) is 0 Å². The van der Waals surface area contributed by atoms with E-state index in [1.54, 1.807) is 12.5 Å². The van der Waals surface area contributed by atoms with Gasteiger partial charge < -0.3 is 24.5 Å². The Morgan fingerprint density at radius 3 is 2.90 bits per heavy atom. The molecular weight excluding hydrogens is 270 g/mol. The third-order valence-electron chi connectivity index (χ3n) is 4.26. The quantitative estimate of drug-likeness (QED) is 0.865. The van der Waals surface area contributed by atoms with E-state index in [1.807, 2.05) is 10.8 Å². The van der Waals surface area contributed by atoms with Crippen LogP contribution >= 0.6 is 0 Å². The van der Waals surface area contributed by atoms with E-state index >= 15 is 0 Å². The van der Waals surface area contributed by atoms with Gasteiger partial charge in [-0.2, -0.15) is 0 Å². The molecule has 3 rings (SSSR count). The van der Waals surface area contributed by atoms with Gasteiger partial charge in [-0.1, -0.05) is 20.8 Å². The maximum Gasteiger partial charge on any atom is 0.181 e. The van der Waals surface area contributed by atoms with Gasteiger partial charge >= 0.3 is 0 Å². The molecule has 0 amide bonds. The minimum absolute atomic E-state index is 0.0789. The summed E-state index contributed by atoms with van der Waals surface area (Å²) in [5, 5.41) is 14.2. The van der Waals surface area contributed by atoms with Gasteiger partial charge in [0.15, 0.2) is 6.29 Å². The molecule has 118 valence electrons. The second-order valence-corrected chi connectivity index (χ2v) is 7.16. The molecule has 6 heteroatoms. The Balaban J connectivity index is 1.69. The van der Waals surface area contributed by atoms with Crippen molar-refractivity contribution in [1.29, 1.82) is 0 Å². The molecule has 2 bridgehead atoms. The summed E-state index contributed by atoms with van der Waals surface area (Å²) in [4.78, 5) is 4.05. The molecule has 5 atom stereocenters. The van der Waals surface area contributed by atoms with Crippen molar-refractivity contribution in [3.63, 3.8) is 0 Å². The van der Waals surface area contributed by atoms with Crippen LogP contribution in [0.1, 0.15) is 33.2 Å². The number of ether oxygens (including phenoxy) is 2. The van der Waals surface area contributed by atoms with Gasteiger partial charge in [0.1, 0.15) is 12.1 Å². The number of nitrogens with one attached hydrogen (secondary N) is 1. The smallest absolute Gasteiger partial charge is 0.181 e. The van der Waals surface area contributed by atoms with Crippen LogP contribution in [0.15, 0.2) is 18.7 Å². The fraction of sp³-hybridized carbons (Fsp3) is 0.800. The number of aliphatic hydroxyl groups excluding tert-OH is 1. The minimum Gasteiger partial charge on any atom is -0.389 e. The number of fused-ring (bicyclic) bond motifs is 2. The standard InChI is InChI=1S/C15H25N3O3/c1-15(2,3)4-5-17-11-10-8-20-14(21-10)12(13(11)19)18-7-6-16-9-18/h6-7,9-14,17,19H,4-5,8H2,1-3H3/t10-,11-,12-,13+,14-/m1/s1. The normalized spacial score (nSPS) is 36.1. The highest BCUT2D eigenvalue weighted by atomic mass is 16.7. The van der Waals surface area contributed by atoms with Gasteiger partial charge in [0.2, 0.25) is 0 Å². The predicted molar refractivity (Wildman–Crippen MR) is 77.7 cm³/mol. The Hall–Kier alpha value is -0.950. The van der Waals surface area contributed by atoms with Crippen molar-refractivity contribution in [2.45, 2.75) is 57.8 Å². The zero-order valence-corrected chi connectivity index (χ0v) is 12.9. The molecule has 0 saturated carbocycles. The van der Waals surface area contributed by atoms with Crippen molar-refractivity contribution in [2.24, 2.45) is 5.41 Å². The summed E-state index contributed by atoms with van der Waals surface area (Å²) in [6, 6.07) is -0.364. The van der Waals surface area contributed by atoms with E-state index in [4.69, 9.17) is 9.47 Å². The van der Waals surface area contributed by atoms with E-state index in [9.17, 15) is 5.11 Å². The lowest BCUT2D eigenvalue weighted by molar-refractivity contribution is -0.165. The van der Waals surface area contributed by atoms with Crippen molar-refractivity contribution in [2.75, 3.05) is 13.2 Å². The van der Waals surface area contributed by atoms with Crippen molar-refractivity contribution in [3.8, 4) is 0 Å². The van der Waals surface area contributed by atoms with Crippen molar-refractivity contribution >= 4 is 0 Å². The molecule has 21 heavy (non-hydrogen) atoms. The zero-order valence-electron chi connectivity index (χ0n) is 12.9. The van der Waals surface area contributed by atoms with E-state index < -0.39 is 6.10 Å². The van der Waals surface area contributed by atoms with Crippen LogP contribution < -0.4 is 5.32 Å². The fourth-order valence-corrected chi connectivity index (χ4v) is 3.03. The molecule has 1 aromatic rings. The Morgan fingerprint density at radius 2 is 2.24 bits per heavy atom. The van der Waals surface area contributed by atoms with Crippen LogP contribution in [0.5, 0.6) is 0 Å². The Morgan fingerprint density at radius 1 is 1.43 bits per heavy atom. The molecule has 0 aliphatic carbocycles. The number of rotatable bonds is 4. The van der Waals surface area contributed by atoms with Crippen LogP contribution in [0.4, 0.5) is 0 Å². The van der Waals surface area contributed by atoms with E-state index in [-0.39, 0.29) is 29.9 Å². The first-order valence-electron chi connectivity index (χ1n) is 7.62. The van der Waals surface area contributed by atoms with Gasteiger partial charge in [0.25, 0.3) is 0 Å². The molecule has 2 fully saturated rings. The topological polar surface area (TPSA) is 68.5 Å². The third-order valence-corrected chi connectivity index (χ3v) is 4.26. The highest BCUT2D eigenvalue weighted by Crippen LogP contribution is 2.35. The Labute approximate surface area is 125 Å². The predicted octanol–water partition coefficient (Wildman–Crippen LogP) is 0.935. The average Bonchev–Trinajstić information content (AvgIpc) is 3.03.